The summed E-state index contributed by atoms with van der Waals surface area (Å²) in [7, 11) is 0. The van der Waals surface area contributed by atoms with Crippen LogP contribution < -0.4 is 11.1 Å². The molecule has 2 fully saturated rings. The van der Waals surface area contributed by atoms with Gasteiger partial charge in [-0.3, -0.25) is 4.79 Å². The number of halogens is 2. The number of carbonyl (C=O) groups is 1. The second-order valence-electron chi connectivity index (χ2n) is 5.46. The molecule has 0 aliphatic carbocycles. The normalized spacial score (nSPS) is 31.2. The summed E-state index contributed by atoms with van der Waals surface area (Å²) in [6.45, 7) is 0.964. The molecule has 2 rings (SSSR count). The number of nitrogens with one attached hydrogen (secondary N) is 1. The van der Waals surface area contributed by atoms with Crippen LogP contribution in [0.1, 0.15) is 32.1 Å². The average molecular weight is 305 g/mol. The number of nitrogens with zero attached hydrogens (tertiary/aromatic N) is 2. The fourth-order valence-electron chi connectivity index (χ4n) is 2.90. The molecule has 5 nitrogen and oxygen atoms in total. The van der Waals surface area contributed by atoms with Crippen molar-refractivity contribution in [2.45, 2.75) is 56.4 Å². The van der Waals surface area contributed by atoms with Crippen molar-refractivity contribution < 1.29 is 9.18 Å². The van der Waals surface area contributed by atoms with Crippen LogP contribution in [0.15, 0.2) is 0 Å². The van der Waals surface area contributed by atoms with Crippen LogP contribution in [0.4, 0.5) is 4.39 Å². The summed E-state index contributed by atoms with van der Waals surface area (Å²) < 4.78 is 13.3. The van der Waals surface area contributed by atoms with Gasteiger partial charge in [-0.25, -0.2) is 4.39 Å². The van der Waals surface area contributed by atoms with E-state index in [0.717, 1.165) is 25.8 Å². The summed E-state index contributed by atoms with van der Waals surface area (Å²) in [5, 5.41) is 12.3. The fourth-order valence-corrected chi connectivity index (χ4v) is 2.90. The standard InChI is InChI=1S/C13H21FN4O.ClH/c14-9-5-11(7-15)18(8-9)13(19)12(16)6-10-3-1-2-4-17-10;/h9-12,17H,1-6,8,16H2;1H/t9-,10?,11-,12-;/m0./s1. The van der Waals surface area contributed by atoms with Gasteiger partial charge in [0.1, 0.15) is 12.2 Å². The van der Waals surface area contributed by atoms with Crippen molar-refractivity contribution in [3.8, 4) is 6.07 Å². The molecule has 1 amide bonds. The molecule has 114 valence electrons. The van der Waals surface area contributed by atoms with E-state index >= 15 is 0 Å². The van der Waals surface area contributed by atoms with Crippen LogP contribution in [0.3, 0.4) is 0 Å². The van der Waals surface area contributed by atoms with Gasteiger partial charge in [-0.1, -0.05) is 6.42 Å². The number of alkyl halides is 1. The maximum absolute atomic E-state index is 13.3. The number of amides is 1. The van der Waals surface area contributed by atoms with E-state index in [1.165, 1.54) is 4.90 Å². The largest absolute Gasteiger partial charge is 0.322 e. The Morgan fingerprint density at radius 1 is 1.55 bits per heavy atom. The highest BCUT2D eigenvalue weighted by Gasteiger charge is 2.37. The predicted molar refractivity (Wildman–Crippen MR) is 76.1 cm³/mol. The van der Waals surface area contributed by atoms with Gasteiger partial charge in [0.05, 0.1) is 18.7 Å². The number of likely N-dealkylation sites (tertiary alicyclic amines) is 1. The molecule has 1 unspecified atom stereocenters. The highest BCUT2D eigenvalue weighted by molar-refractivity contribution is 5.85. The molecule has 0 saturated carbocycles. The Kier molecular flexibility index (Phi) is 6.66. The number of hydrogen-bond acceptors (Lipinski definition) is 4. The lowest BCUT2D eigenvalue weighted by Crippen LogP contribution is -2.49. The molecule has 0 aromatic rings. The molecule has 0 aromatic heterocycles. The zero-order valence-electron chi connectivity index (χ0n) is 11.4. The minimum atomic E-state index is -1.10. The van der Waals surface area contributed by atoms with Gasteiger partial charge in [-0.15, -0.1) is 12.4 Å². The summed E-state index contributed by atoms with van der Waals surface area (Å²) in [4.78, 5) is 13.5. The first-order valence-electron chi connectivity index (χ1n) is 6.95. The van der Waals surface area contributed by atoms with Crippen molar-refractivity contribution in [3.05, 3.63) is 0 Å². The van der Waals surface area contributed by atoms with Gasteiger partial charge in [0.25, 0.3) is 0 Å². The zero-order valence-corrected chi connectivity index (χ0v) is 12.2. The minimum Gasteiger partial charge on any atom is -0.322 e. The molecule has 7 heteroatoms. The Morgan fingerprint density at radius 3 is 2.90 bits per heavy atom. The highest BCUT2D eigenvalue weighted by atomic mass is 35.5. The van der Waals surface area contributed by atoms with E-state index in [9.17, 15) is 9.18 Å². The first-order chi connectivity index (χ1) is 9.11. The predicted octanol–water partition coefficient (Wildman–Crippen LogP) is 0.730. The first-order valence-corrected chi connectivity index (χ1v) is 6.95. The van der Waals surface area contributed by atoms with E-state index in [4.69, 9.17) is 11.0 Å². The number of carbonyl (C=O) groups excluding carboxylic acids is 1. The molecule has 0 aromatic carbocycles. The van der Waals surface area contributed by atoms with Gasteiger partial charge in [0.15, 0.2) is 0 Å². The lowest BCUT2D eigenvalue weighted by atomic mass is 9.98. The number of rotatable bonds is 3. The van der Waals surface area contributed by atoms with Crippen LogP contribution >= 0.6 is 12.4 Å². The van der Waals surface area contributed by atoms with Crippen molar-refractivity contribution in [3.63, 3.8) is 0 Å². The smallest absolute Gasteiger partial charge is 0.240 e. The summed E-state index contributed by atoms with van der Waals surface area (Å²) in [5.74, 6) is -0.293. The molecule has 0 radical (unpaired) electrons. The highest BCUT2D eigenvalue weighted by Crippen LogP contribution is 2.21. The quantitative estimate of drug-likeness (QED) is 0.805. The van der Waals surface area contributed by atoms with Crippen molar-refractivity contribution >= 4 is 18.3 Å². The van der Waals surface area contributed by atoms with E-state index in [1.54, 1.807) is 0 Å². The van der Waals surface area contributed by atoms with Crippen LogP contribution in [-0.4, -0.2) is 48.2 Å². The monoisotopic (exact) mass is 304 g/mol. The fraction of sp³-hybridized carbons (Fsp3) is 0.846. The summed E-state index contributed by atoms with van der Waals surface area (Å²) in [6.07, 6.45) is 2.89. The summed E-state index contributed by atoms with van der Waals surface area (Å²) in [5.41, 5.74) is 5.93. The van der Waals surface area contributed by atoms with Crippen LogP contribution in [0.25, 0.3) is 0 Å². The van der Waals surface area contributed by atoms with E-state index in [0.29, 0.717) is 6.42 Å². The molecule has 3 N–H and O–H groups in total. The molecule has 2 aliphatic rings. The van der Waals surface area contributed by atoms with Crippen LogP contribution in [-0.2, 0) is 4.79 Å². The van der Waals surface area contributed by atoms with Crippen molar-refractivity contribution in [2.75, 3.05) is 13.1 Å². The van der Waals surface area contributed by atoms with E-state index in [-0.39, 0.29) is 37.3 Å². The lowest BCUT2D eigenvalue weighted by molar-refractivity contribution is -0.133. The van der Waals surface area contributed by atoms with Gasteiger partial charge in [0.2, 0.25) is 5.91 Å². The molecule has 0 spiro atoms. The SMILES string of the molecule is Cl.N#C[C@@H]1C[C@H](F)CN1C(=O)[C@@H](N)CC1CCCCN1. The van der Waals surface area contributed by atoms with Gasteiger partial charge in [-0.2, -0.15) is 5.26 Å². The Morgan fingerprint density at radius 2 is 2.30 bits per heavy atom. The Hall–Kier alpha value is -0.900. The van der Waals surface area contributed by atoms with E-state index in [1.807, 2.05) is 6.07 Å². The Bertz CT molecular complexity index is 370. The topological polar surface area (TPSA) is 82.2 Å². The van der Waals surface area contributed by atoms with Crippen molar-refractivity contribution in [1.82, 2.24) is 10.2 Å². The second-order valence-corrected chi connectivity index (χ2v) is 5.46. The lowest BCUT2D eigenvalue weighted by Gasteiger charge is -2.28. The Labute approximate surface area is 125 Å². The molecule has 4 atom stereocenters. The minimum absolute atomic E-state index is 0. The average Bonchev–Trinajstić information content (AvgIpc) is 2.80. The molecule has 2 heterocycles. The summed E-state index contributed by atoms with van der Waals surface area (Å²) >= 11 is 0. The third-order valence-electron chi connectivity index (χ3n) is 3.95. The van der Waals surface area contributed by atoms with Gasteiger partial charge < -0.3 is 16.0 Å². The third-order valence-corrected chi connectivity index (χ3v) is 3.95. The summed E-state index contributed by atoms with van der Waals surface area (Å²) in [6, 6.07) is 0.938. The van der Waals surface area contributed by atoms with Gasteiger partial charge in [-0.05, 0) is 25.8 Å². The van der Waals surface area contributed by atoms with Crippen LogP contribution in [0.2, 0.25) is 0 Å². The third kappa shape index (κ3) is 4.05. The second kappa shape index (κ2) is 7.77. The molecule has 20 heavy (non-hydrogen) atoms. The Balaban J connectivity index is 0.00000200. The maximum atomic E-state index is 13.3. The molecular weight excluding hydrogens is 283 g/mol. The molecule has 0 bridgehead atoms. The van der Waals surface area contributed by atoms with Crippen molar-refractivity contribution in [2.24, 2.45) is 5.73 Å². The molecule has 2 saturated heterocycles. The molecule has 2 aliphatic heterocycles. The number of piperidine rings is 1. The first kappa shape index (κ1) is 17.2. The van der Waals surface area contributed by atoms with Crippen molar-refractivity contribution in [1.29, 1.82) is 5.26 Å². The number of nitriles is 1. The maximum Gasteiger partial charge on any atom is 0.240 e. The van der Waals surface area contributed by atoms with Crippen LogP contribution in [0.5, 0.6) is 0 Å². The van der Waals surface area contributed by atoms with Gasteiger partial charge in [0, 0.05) is 12.5 Å². The number of nitrogens with two attached hydrogens (primary N) is 1. The van der Waals surface area contributed by atoms with Gasteiger partial charge >= 0.3 is 0 Å². The van der Waals surface area contributed by atoms with E-state index in [2.05, 4.69) is 5.32 Å². The molecular formula is C13H22ClFN4O. The van der Waals surface area contributed by atoms with Crippen LogP contribution in [0, 0.1) is 11.3 Å². The van der Waals surface area contributed by atoms with E-state index < -0.39 is 18.3 Å². The zero-order chi connectivity index (χ0) is 13.8. The number of hydrogen-bond donors (Lipinski definition) is 2.